The van der Waals surface area contributed by atoms with Gasteiger partial charge in [0.25, 0.3) is 5.91 Å². The Morgan fingerprint density at radius 2 is 1.69 bits per heavy atom. The van der Waals surface area contributed by atoms with Crippen molar-refractivity contribution in [3.8, 4) is 22.3 Å². The van der Waals surface area contributed by atoms with Crippen LogP contribution in [0.25, 0.3) is 22.3 Å². The average Bonchev–Trinajstić information content (AvgIpc) is 3.11. The lowest BCUT2D eigenvalue weighted by Gasteiger charge is -2.18. The molecule has 1 aromatic carbocycles. The maximum atomic E-state index is 12.7. The number of carbonyl (C=O) groups excluding carboxylic acids is 1. The van der Waals surface area contributed by atoms with Crippen LogP contribution in [-0.2, 0) is 5.41 Å². The third-order valence-corrected chi connectivity index (χ3v) is 5.99. The summed E-state index contributed by atoms with van der Waals surface area (Å²) in [6.07, 6.45) is 3.51. The Balaban J connectivity index is 1.62. The van der Waals surface area contributed by atoms with Crippen molar-refractivity contribution in [1.29, 1.82) is 0 Å². The highest BCUT2D eigenvalue weighted by molar-refractivity contribution is 6.33. The smallest absolute Gasteiger partial charge is 0.254 e. The van der Waals surface area contributed by atoms with E-state index in [0.29, 0.717) is 10.6 Å². The van der Waals surface area contributed by atoms with Crippen molar-refractivity contribution in [1.82, 2.24) is 14.9 Å². The zero-order valence-corrected chi connectivity index (χ0v) is 19.0. The standard InChI is InChI=1S/C25H26ClN3O3/c1-25(2,3)23-10-15(6-7-28-23)17-8-18(12-27-11-17)19-5-4-16(9-20(19)26)24(32)29-13-21(30)22(31)14-29/h4-12,21-22,30-31H,13-14H2,1-3H3/t21-,22-/m1/s1. The molecule has 2 aromatic heterocycles. The van der Waals surface area contributed by atoms with Crippen LogP contribution in [0.2, 0.25) is 5.02 Å². The van der Waals surface area contributed by atoms with Crippen molar-refractivity contribution in [2.75, 3.05) is 13.1 Å². The number of aliphatic hydroxyl groups excluding tert-OH is 2. The minimum atomic E-state index is -0.922. The summed E-state index contributed by atoms with van der Waals surface area (Å²) in [7, 11) is 0. The van der Waals surface area contributed by atoms with Gasteiger partial charge >= 0.3 is 0 Å². The van der Waals surface area contributed by atoms with Crippen molar-refractivity contribution in [2.24, 2.45) is 0 Å². The third-order valence-electron chi connectivity index (χ3n) is 5.67. The molecule has 0 aliphatic carbocycles. The van der Waals surface area contributed by atoms with E-state index in [1.807, 2.05) is 18.3 Å². The lowest BCUT2D eigenvalue weighted by molar-refractivity contribution is 0.0572. The summed E-state index contributed by atoms with van der Waals surface area (Å²) in [5.74, 6) is -0.271. The van der Waals surface area contributed by atoms with Gasteiger partial charge in [-0.2, -0.15) is 0 Å². The maximum Gasteiger partial charge on any atom is 0.254 e. The number of β-amino-alcohol motifs (C(OH)–C–C–N with tert-alkyl or cyclic N) is 2. The van der Waals surface area contributed by atoms with Crippen LogP contribution < -0.4 is 0 Å². The number of pyridine rings is 2. The SMILES string of the molecule is CC(C)(C)c1cc(-c2cncc(-c3ccc(C(=O)N4C[C@@H](O)[C@H](O)C4)cc3Cl)c2)ccn1. The molecule has 3 aromatic rings. The first-order valence-corrected chi connectivity index (χ1v) is 10.9. The van der Waals surface area contributed by atoms with E-state index in [9.17, 15) is 15.0 Å². The van der Waals surface area contributed by atoms with Gasteiger partial charge in [0, 0.05) is 70.1 Å². The summed E-state index contributed by atoms with van der Waals surface area (Å²) in [5.41, 5.74) is 4.93. The molecule has 7 heteroatoms. The molecule has 0 spiro atoms. The van der Waals surface area contributed by atoms with Gasteiger partial charge in [-0.15, -0.1) is 0 Å². The van der Waals surface area contributed by atoms with Crippen molar-refractivity contribution in [2.45, 2.75) is 38.4 Å². The quantitative estimate of drug-likeness (QED) is 0.629. The number of halogens is 1. The Labute approximate surface area is 192 Å². The largest absolute Gasteiger partial charge is 0.388 e. The van der Waals surface area contributed by atoms with Gasteiger partial charge in [-0.3, -0.25) is 14.8 Å². The van der Waals surface area contributed by atoms with Gasteiger partial charge in [-0.25, -0.2) is 0 Å². The third kappa shape index (κ3) is 4.53. The Kier molecular flexibility index (Phi) is 6.03. The summed E-state index contributed by atoms with van der Waals surface area (Å²) >= 11 is 6.55. The van der Waals surface area contributed by atoms with E-state index >= 15 is 0 Å². The Hall–Kier alpha value is -2.80. The van der Waals surface area contributed by atoms with Crippen LogP contribution in [0, 0.1) is 0 Å². The predicted octanol–water partition coefficient (Wildman–Crippen LogP) is 3.94. The van der Waals surface area contributed by atoms with Crippen LogP contribution in [0.4, 0.5) is 0 Å². The fourth-order valence-electron chi connectivity index (χ4n) is 3.77. The second-order valence-electron chi connectivity index (χ2n) is 9.18. The van der Waals surface area contributed by atoms with Crippen LogP contribution in [-0.4, -0.2) is 56.3 Å². The number of carbonyl (C=O) groups is 1. The average molecular weight is 452 g/mol. The summed E-state index contributed by atoms with van der Waals surface area (Å²) in [6, 6.07) is 11.2. The first-order chi connectivity index (χ1) is 15.1. The number of benzene rings is 1. The monoisotopic (exact) mass is 451 g/mol. The number of aliphatic hydroxyl groups is 2. The second-order valence-corrected chi connectivity index (χ2v) is 9.59. The molecule has 2 N–H and O–H groups in total. The van der Waals surface area contributed by atoms with Gasteiger partial charge in [0.15, 0.2) is 0 Å². The van der Waals surface area contributed by atoms with Crippen LogP contribution in [0.3, 0.4) is 0 Å². The van der Waals surface area contributed by atoms with E-state index < -0.39 is 12.2 Å². The zero-order chi connectivity index (χ0) is 23.0. The molecule has 0 radical (unpaired) electrons. The fourth-order valence-corrected chi connectivity index (χ4v) is 4.06. The molecule has 0 unspecified atom stereocenters. The lowest BCUT2D eigenvalue weighted by atomic mass is 9.90. The molecular formula is C25H26ClN3O3. The number of nitrogens with zero attached hydrogens (tertiary/aromatic N) is 3. The molecule has 6 nitrogen and oxygen atoms in total. The Morgan fingerprint density at radius 1 is 1.00 bits per heavy atom. The highest BCUT2D eigenvalue weighted by Crippen LogP contribution is 2.32. The van der Waals surface area contributed by atoms with E-state index in [0.717, 1.165) is 27.9 Å². The molecule has 1 aliphatic heterocycles. The Bertz CT molecular complexity index is 1150. The van der Waals surface area contributed by atoms with Crippen molar-refractivity contribution >= 4 is 17.5 Å². The highest BCUT2D eigenvalue weighted by atomic mass is 35.5. The van der Waals surface area contributed by atoms with Gasteiger partial charge in [0.2, 0.25) is 0 Å². The van der Waals surface area contributed by atoms with Crippen LogP contribution >= 0.6 is 11.6 Å². The van der Waals surface area contributed by atoms with Gasteiger partial charge < -0.3 is 15.1 Å². The van der Waals surface area contributed by atoms with Gasteiger partial charge in [0.05, 0.1) is 12.2 Å². The molecule has 3 heterocycles. The fraction of sp³-hybridized carbons (Fsp3) is 0.320. The second kappa shape index (κ2) is 8.62. The van der Waals surface area contributed by atoms with E-state index in [1.165, 1.54) is 4.90 Å². The molecule has 1 amide bonds. The molecule has 1 fully saturated rings. The highest BCUT2D eigenvalue weighted by Gasteiger charge is 2.33. The minimum absolute atomic E-state index is 0.0614. The molecule has 1 aliphatic rings. The number of rotatable bonds is 3. The first-order valence-electron chi connectivity index (χ1n) is 10.5. The van der Waals surface area contributed by atoms with Crippen molar-refractivity contribution in [3.05, 3.63) is 71.3 Å². The molecular weight excluding hydrogens is 426 g/mol. The zero-order valence-electron chi connectivity index (χ0n) is 18.3. The normalized spacial score (nSPS) is 18.8. The van der Waals surface area contributed by atoms with Crippen LogP contribution in [0.5, 0.6) is 0 Å². The lowest BCUT2D eigenvalue weighted by Crippen LogP contribution is -2.29. The first kappa shape index (κ1) is 22.4. The van der Waals surface area contributed by atoms with E-state index in [-0.39, 0.29) is 24.4 Å². The summed E-state index contributed by atoms with van der Waals surface area (Å²) in [6.45, 7) is 6.58. The molecule has 2 atom stereocenters. The molecule has 166 valence electrons. The molecule has 32 heavy (non-hydrogen) atoms. The van der Waals surface area contributed by atoms with E-state index in [2.05, 4.69) is 36.8 Å². The van der Waals surface area contributed by atoms with Crippen LogP contribution in [0.1, 0.15) is 36.8 Å². The number of hydrogen-bond donors (Lipinski definition) is 2. The van der Waals surface area contributed by atoms with Gasteiger partial charge in [0.1, 0.15) is 0 Å². The molecule has 0 saturated carbocycles. The number of likely N-dealkylation sites (tertiary alicyclic amines) is 1. The number of amides is 1. The maximum absolute atomic E-state index is 12.7. The Morgan fingerprint density at radius 3 is 2.34 bits per heavy atom. The predicted molar refractivity (Wildman–Crippen MR) is 125 cm³/mol. The number of aromatic nitrogens is 2. The van der Waals surface area contributed by atoms with E-state index in [1.54, 1.807) is 30.6 Å². The van der Waals surface area contributed by atoms with Gasteiger partial charge in [-0.1, -0.05) is 38.4 Å². The molecule has 0 bridgehead atoms. The minimum Gasteiger partial charge on any atom is -0.388 e. The summed E-state index contributed by atoms with van der Waals surface area (Å²) in [4.78, 5) is 23.0. The van der Waals surface area contributed by atoms with Crippen molar-refractivity contribution < 1.29 is 15.0 Å². The molecule has 4 rings (SSSR count). The summed E-state index contributed by atoms with van der Waals surface area (Å²) in [5, 5.41) is 19.9. The van der Waals surface area contributed by atoms with Crippen LogP contribution in [0.15, 0.2) is 55.0 Å². The number of hydrogen-bond acceptors (Lipinski definition) is 5. The van der Waals surface area contributed by atoms with Crippen molar-refractivity contribution in [3.63, 3.8) is 0 Å². The topological polar surface area (TPSA) is 86.6 Å². The summed E-state index contributed by atoms with van der Waals surface area (Å²) < 4.78 is 0. The molecule has 1 saturated heterocycles. The van der Waals surface area contributed by atoms with Gasteiger partial charge in [-0.05, 0) is 35.9 Å². The van der Waals surface area contributed by atoms with E-state index in [4.69, 9.17) is 11.6 Å².